The van der Waals surface area contributed by atoms with Crippen LogP contribution in [0.2, 0.25) is 0 Å². The number of carboxylic acid groups (broad SMARTS) is 1. The molecule has 0 aromatic carbocycles. The number of carbonyl (C=O) groups is 1. The molecule has 2 rings (SSSR count). The number of aromatic nitrogens is 2. The van der Waals surface area contributed by atoms with Crippen LogP contribution in [0.4, 0.5) is 0 Å². The summed E-state index contributed by atoms with van der Waals surface area (Å²) in [5, 5.41) is 9.05. The monoisotopic (exact) mass is 190 g/mol. The van der Waals surface area contributed by atoms with Gasteiger partial charge in [-0.3, -0.25) is 4.79 Å². The number of nitrogens with one attached hydrogen (secondary N) is 1. The molecule has 70 valence electrons. The molecule has 0 amide bonds. The van der Waals surface area contributed by atoms with E-state index in [9.17, 15) is 9.59 Å². The maximum absolute atomic E-state index is 11.2. The van der Waals surface area contributed by atoms with Crippen LogP contribution < -0.4 is 5.56 Å². The lowest BCUT2D eigenvalue weighted by Crippen LogP contribution is -2.07. The Bertz CT molecular complexity index is 559. The van der Waals surface area contributed by atoms with Crippen molar-refractivity contribution in [3.63, 3.8) is 0 Å². The van der Waals surface area contributed by atoms with Gasteiger partial charge in [0.05, 0.1) is 10.9 Å². The molecule has 2 aromatic heterocycles. The lowest BCUT2D eigenvalue weighted by molar-refractivity contribution is 0.0691. The van der Waals surface area contributed by atoms with Crippen LogP contribution in [0.25, 0.3) is 10.9 Å². The smallest absolute Gasteiger partial charge is 0.354 e. The molecule has 14 heavy (non-hydrogen) atoms. The fraction of sp³-hybridized carbons (Fsp3) is 0. The Kier molecular flexibility index (Phi) is 1.78. The summed E-state index contributed by atoms with van der Waals surface area (Å²) in [4.78, 5) is 28.1. The highest BCUT2D eigenvalue weighted by atomic mass is 16.4. The van der Waals surface area contributed by atoms with E-state index in [4.69, 9.17) is 5.11 Å². The second-order valence-electron chi connectivity index (χ2n) is 2.74. The summed E-state index contributed by atoms with van der Waals surface area (Å²) in [6.45, 7) is 0. The van der Waals surface area contributed by atoms with Gasteiger partial charge in [0, 0.05) is 6.20 Å². The third-order valence-electron chi connectivity index (χ3n) is 1.84. The number of carboxylic acids is 1. The quantitative estimate of drug-likeness (QED) is 0.690. The average molecular weight is 190 g/mol. The molecule has 0 radical (unpaired) electrons. The first-order valence-corrected chi connectivity index (χ1v) is 3.90. The minimum Gasteiger partial charge on any atom is -0.477 e. The second kappa shape index (κ2) is 2.95. The van der Waals surface area contributed by atoms with E-state index in [2.05, 4.69) is 9.97 Å². The van der Waals surface area contributed by atoms with Crippen LogP contribution in [0.3, 0.4) is 0 Å². The molecule has 0 saturated carbocycles. The Labute approximate surface area is 78.0 Å². The largest absolute Gasteiger partial charge is 0.477 e. The predicted octanol–water partition coefficient (Wildman–Crippen LogP) is 0.621. The summed E-state index contributed by atoms with van der Waals surface area (Å²) < 4.78 is 0. The summed E-state index contributed by atoms with van der Waals surface area (Å²) in [5.74, 6) is -1.10. The maximum Gasteiger partial charge on any atom is 0.354 e. The van der Waals surface area contributed by atoms with Crippen LogP contribution in [0.15, 0.2) is 29.2 Å². The number of hydrogen-bond donors (Lipinski definition) is 2. The van der Waals surface area contributed by atoms with Crippen molar-refractivity contribution in [2.45, 2.75) is 0 Å². The van der Waals surface area contributed by atoms with E-state index >= 15 is 0 Å². The van der Waals surface area contributed by atoms with Crippen molar-refractivity contribution in [3.05, 3.63) is 40.4 Å². The minimum atomic E-state index is -1.10. The maximum atomic E-state index is 11.2. The Balaban J connectivity index is 2.80. The molecule has 0 unspecified atom stereocenters. The fourth-order valence-electron chi connectivity index (χ4n) is 1.19. The van der Waals surface area contributed by atoms with Gasteiger partial charge >= 0.3 is 5.97 Å². The van der Waals surface area contributed by atoms with Gasteiger partial charge in [0.2, 0.25) is 0 Å². The van der Waals surface area contributed by atoms with Crippen molar-refractivity contribution < 1.29 is 9.90 Å². The SMILES string of the molecule is O=C(O)c1ccc2c(=O)[nH]ccc2n1. The van der Waals surface area contributed by atoms with Gasteiger partial charge < -0.3 is 10.1 Å². The van der Waals surface area contributed by atoms with Gasteiger partial charge in [-0.15, -0.1) is 0 Å². The van der Waals surface area contributed by atoms with Gasteiger partial charge in [0.15, 0.2) is 0 Å². The number of aromatic amines is 1. The molecule has 0 bridgehead atoms. The van der Waals surface area contributed by atoms with Gasteiger partial charge in [0.1, 0.15) is 5.69 Å². The molecule has 2 N–H and O–H groups in total. The zero-order valence-electron chi connectivity index (χ0n) is 7.02. The minimum absolute atomic E-state index is 0.0666. The van der Waals surface area contributed by atoms with Crippen molar-refractivity contribution in [1.82, 2.24) is 9.97 Å². The highest BCUT2D eigenvalue weighted by molar-refractivity contribution is 5.89. The van der Waals surface area contributed by atoms with E-state index in [0.717, 1.165) is 0 Å². The van der Waals surface area contributed by atoms with Crippen molar-refractivity contribution in [1.29, 1.82) is 0 Å². The zero-order chi connectivity index (χ0) is 10.1. The standard InChI is InChI=1S/C9H6N2O3/c12-8-5-1-2-7(9(13)14)11-6(5)3-4-10-8/h1-4H,(H,10,12)(H,13,14). The van der Waals surface area contributed by atoms with E-state index in [-0.39, 0.29) is 11.3 Å². The second-order valence-corrected chi connectivity index (χ2v) is 2.74. The van der Waals surface area contributed by atoms with Gasteiger partial charge in [0.25, 0.3) is 5.56 Å². The molecule has 0 saturated heterocycles. The van der Waals surface area contributed by atoms with Gasteiger partial charge in [-0.05, 0) is 18.2 Å². The van der Waals surface area contributed by atoms with Gasteiger partial charge in [-0.25, -0.2) is 9.78 Å². The molecule has 0 aliphatic rings. The summed E-state index contributed by atoms with van der Waals surface area (Å²) >= 11 is 0. The van der Waals surface area contributed by atoms with Crippen molar-refractivity contribution in [3.8, 4) is 0 Å². The molecule has 0 atom stereocenters. The topological polar surface area (TPSA) is 83.0 Å². The van der Waals surface area contributed by atoms with Gasteiger partial charge in [-0.1, -0.05) is 0 Å². The molecule has 0 aliphatic carbocycles. The van der Waals surface area contributed by atoms with E-state index in [1.54, 1.807) is 6.07 Å². The van der Waals surface area contributed by atoms with E-state index in [0.29, 0.717) is 10.9 Å². The Morgan fingerprint density at radius 1 is 1.36 bits per heavy atom. The molecule has 5 heteroatoms. The first kappa shape index (κ1) is 8.43. The molecular weight excluding hydrogens is 184 g/mol. The number of rotatable bonds is 1. The number of nitrogens with zero attached hydrogens (tertiary/aromatic N) is 1. The first-order chi connectivity index (χ1) is 6.68. The van der Waals surface area contributed by atoms with Crippen molar-refractivity contribution >= 4 is 16.9 Å². The molecule has 2 aromatic rings. The molecule has 2 heterocycles. The van der Waals surface area contributed by atoms with Crippen LogP contribution in [-0.4, -0.2) is 21.0 Å². The van der Waals surface area contributed by atoms with Crippen LogP contribution in [-0.2, 0) is 0 Å². The lowest BCUT2D eigenvalue weighted by Gasteiger charge is -1.96. The molecule has 0 spiro atoms. The van der Waals surface area contributed by atoms with E-state index in [1.807, 2.05) is 0 Å². The molecule has 5 nitrogen and oxygen atoms in total. The number of hydrogen-bond acceptors (Lipinski definition) is 3. The average Bonchev–Trinajstić information content (AvgIpc) is 2.17. The third kappa shape index (κ3) is 1.24. The van der Waals surface area contributed by atoms with E-state index in [1.165, 1.54) is 18.3 Å². The normalized spacial score (nSPS) is 10.3. The third-order valence-corrected chi connectivity index (χ3v) is 1.84. The number of fused-ring (bicyclic) bond motifs is 1. The van der Waals surface area contributed by atoms with Crippen LogP contribution in [0.1, 0.15) is 10.5 Å². The fourth-order valence-corrected chi connectivity index (χ4v) is 1.19. The van der Waals surface area contributed by atoms with Gasteiger partial charge in [-0.2, -0.15) is 0 Å². The van der Waals surface area contributed by atoms with E-state index < -0.39 is 5.97 Å². The van der Waals surface area contributed by atoms with Crippen LogP contribution in [0.5, 0.6) is 0 Å². The summed E-state index contributed by atoms with van der Waals surface area (Å²) in [7, 11) is 0. The number of aromatic carboxylic acids is 1. The van der Waals surface area contributed by atoms with Crippen LogP contribution >= 0.6 is 0 Å². The van der Waals surface area contributed by atoms with Crippen molar-refractivity contribution in [2.75, 3.05) is 0 Å². The summed E-state index contributed by atoms with van der Waals surface area (Å²) in [6, 6.07) is 4.31. The Morgan fingerprint density at radius 2 is 2.14 bits per heavy atom. The summed E-state index contributed by atoms with van der Waals surface area (Å²) in [5.41, 5.74) is 0.0451. The first-order valence-electron chi connectivity index (χ1n) is 3.90. The molecule has 0 aliphatic heterocycles. The Hall–Kier alpha value is -2.17. The predicted molar refractivity (Wildman–Crippen MR) is 49.3 cm³/mol. The highest BCUT2D eigenvalue weighted by Gasteiger charge is 2.06. The van der Waals surface area contributed by atoms with Crippen LogP contribution in [0, 0.1) is 0 Å². The number of H-pyrrole nitrogens is 1. The molecule has 0 fully saturated rings. The lowest BCUT2D eigenvalue weighted by atomic mass is 10.2. The molecular formula is C9H6N2O3. The highest BCUT2D eigenvalue weighted by Crippen LogP contribution is 2.06. The zero-order valence-corrected chi connectivity index (χ0v) is 7.02. The Morgan fingerprint density at radius 3 is 2.86 bits per heavy atom. The summed E-state index contributed by atoms with van der Waals surface area (Å²) in [6.07, 6.45) is 1.43. The number of pyridine rings is 2. The van der Waals surface area contributed by atoms with Crippen molar-refractivity contribution in [2.24, 2.45) is 0 Å².